The van der Waals surface area contributed by atoms with Gasteiger partial charge in [0.15, 0.2) is 6.10 Å². The Morgan fingerprint density at radius 1 is 1.16 bits per heavy atom. The lowest BCUT2D eigenvalue weighted by molar-refractivity contribution is -0.937. The summed E-state index contributed by atoms with van der Waals surface area (Å²) in [5.74, 6) is 2.95. The van der Waals surface area contributed by atoms with Crippen molar-refractivity contribution in [3.05, 3.63) is 24.4 Å². The Hall–Kier alpha value is -1.33. The maximum atomic E-state index is 12.5. The summed E-state index contributed by atoms with van der Waals surface area (Å²) in [4.78, 5) is 15.1. The van der Waals surface area contributed by atoms with Crippen molar-refractivity contribution in [1.29, 1.82) is 0 Å². The topological polar surface area (TPSA) is 38.8 Å². The quantitative estimate of drug-likeness (QED) is 0.275. The van der Waals surface area contributed by atoms with Crippen LogP contribution in [-0.2, 0) is 14.3 Å². The largest absolute Gasteiger partial charge is 0.456 e. The van der Waals surface area contributed by atoms with E-state index in [-0.39, 0.29) is 17.5 Å². The Labute approximate surface area is 225 Å². The molecule has 0 spiro atoms. The van der Waals surface area contributed by atoms with E-state index in [1.54, 1.807) is 12.6 Å². The lowest BCUT2D eigenvalue weighted by Gasteiger charge is -2.60. The van der Waals surface area contributed by atoms with Gasteiger partial charge in [-0.3, -0.25) is 4.79 Å². The second kappa shape index (κ2) is 9.70. The number of allylic oxidation sites excluding steroid dienone is 2. The highest BCUT2D eigenvalue weighted by Gasteiger charge is 2.67. The van der Waals surface area contributed by atoms with Gasteiger partial charge in [-0.15, -0.1) is 0 Å². The predicted octanol–water partition coefficient (Wildman–Crippen LogP) is 5.56. The van der Waals surface area contributed by atoms with E-state index in [1.807, 2.05) is 0 Å². The van der Waals surface area contributed by atoms with Gasteiger partial charge >= 0.3 is 5.97 Å². The molecule has 206 valence electrons. The average molecular weight is 512 g/mol. The minimum Gasteiger partial charge on any atom is -0.456 e. The summed E-state index contributed by atoms with van der Waals surface area (Å²) in [5.41, 5.74) is 2.10. The van der Waals surface area contributed by atoms with Crippen LogP contribution in [0.2, 0.25) is 0 Å². The fraction of sp³-hybridized carbons (Fsp3) is 0.844. The van der Waals surface area contributed by atoms with Gasteiger partial charge in [-0.25, -0.2) is 0 Å². The first-order valence-corrected chi connectivity index (χ1v) is 15.5. The van der Waals surface area contributed by atoms with E-state index in [2.05, 4.69) is 37.5 Å². The first-order chi connectivity index (χ1) is 17.8. The Morgan fingerprint density at radius 2 is 1.92 bits per heavy atom. The number of rotatable bonds is 5. The highest BCUT2D eigenvalue weighted by atomic mass is 16.5. The lowest BCUT2D eigenvalue weighted by Crippen LogP contribution is -2.59. The molecule has 0 aromatic carbocycles. The van der Waals surface area contributed by atoms with Gasteiger partial charge in [-0.1, -0.05) is 26.5 Å². The molecule has 2 aliphatic heterocycles. The number of likely N-dealkylation sites (tertiary alicyclic amines) is 1. The van der Waals surface area contributed by atoms with E-state index in [4.69, 9.17) is 9.47 Å². The van der Waals surface area contributed by atoms with Crippen molar-refractivity contribution in [2.24, 2.45) is 34.5 Å². The first-order valence-electron chi connectivity index (χ1n) is 15.5. The second-order valence-corrected chi connectivity index (χ2v) is 14.1. The van der Waals surface area contributed by atoms with Gasteiger partial charge < -0.3 is 18.9 Å². The number of carbonyl (C=O) groups is 1. The van der Waals surface area contributed by atoms with Gasteiger partial charge in [0.05, 0.1) is 32.8 Å². The van der Waals surface area contributed by atoms with Crippen LogP contribution in [0, 0.1) is 34.5 Å². The molecule has 0 bridgehead atoms. The van der Waals surface area contributed by atoms with E-state index in [1.165, 1.54) is 70.9 Å². The summed E-state index contributed by atoms with van der Waals surface area (Å²) in [7, 11) is 0. The number of carbonyl (C=O) groups excluding carboxylic acids is 1. The van der Waals surface area contributed by atoms with Gasteiger partial charge in [-0.2, -0.15) is 0 Å². The van der Waals surface area contributed by atoms with Crippen LogP contribution in [-0.4, -0.2) is 73.4 Å². The number of fused-ring (bicyclic) bond motifs is 5. The van der Waals surface area contributed by atoms with Crippen LogP contribution in [0.4, 0.5) is 0 Å². The van der Waals surface area contributed by atoms with Crippen LogP contribution in [0.15, 0.2) is 24.4 Å². The summed E-state index contributed by atoms with van der Waals surface area (Å²) in [5, 5.41) is 0. The Morgan fingerprint density at radius 3 is 2.62 bits per heavy atom. The van der Waals surface area contributed by atoms with Gasteiger partial charge in [-0.05, 0) is 73.7 Å². The maximum absolute atomic E-state index is 12.5. The van der Waals surface area contributed by atoms with E-state index in [0.717, 1.165) is 55.1 Å². The number of ether oxygens (including phenoxy) is 2. The molecule has 0 aromatic rings. The third kappa shape index (κ3) is 4.13. The molecule has 3 saturated carbocycles. The number of morpholine rings is 1. The lowest BCUT2D eigenvalue weighted by atomic mass is 9.45. The van der Waals surface area contributed by atoms with E-state index in [0.29, 0.717) is 17.4 Å². The minimum absolute atomic E-state index is 0.0506. The van der Waals surface area contributed by atoms with Crippen LogP contribution in [0.3, 0.4) is 0 Å². The summed E-state index contributed by atoms with van der Waals surface area (Å²) < 4.78 is 13.1. The van der Waals surface area contributed by atoms with Gasteiger partial charge in [0.1, 0.15) is 6.04 Å². The number of nitrogens with zero attached hydrogens (tertiary/aromatic N) is 2. The van der Waals surface area contributed by atoms with Crippen molar-refractivity contribution in [1.82, 2.24) is 4.90 Å². The molecule has 5 heteroatoms. The smallest absolute Gasteiger partial charge is 0.303 e. The molecular formula is C32H51N2O3+. The predicted molar refractivity (Wildman–Crippen MR) is 147 cm³/mol. The molecule has 6 rings (SSSR count). The second-order valence-electron chi connectivity index (χ2n) is 14.1. The summed E-state index contributed by atoms with van der Waals surface area (Å²) in [6, 6.07) is 0.429. The summed E-state index contributed by atoms with van der Waals surface area (Å²) in [6.07, 6.45) is 16.3. The molecule has 2 saturated heterocycles. The van der Waals surface area contributed by atoms with Crippen molar-refractivity contribution < 1.29 is 18.8 Å². The third-order valence-electron chi connectivity index (χ3n) is 12.6. The minimum atomic E-state index is -0.0850. The van der Waals surface area contributed by atoms with Crippen molar-refractivity contribution in [3.63, 3.8) is 0 Å². The van der Waals surface area contributed by atoms with Crippen LogP contribution in [0.25, 0.3) is 0 Å². The Balaban J connectivity index is 1.30. The molecule has 5 fully saturated rings. The molecular weight excluding hydrogens is 460 g/mol. The van der Waals surface area contributed by atoms with Crippen LogP contribution in [0.5, 0.6) is 0 Å². The zero-order valence-corrected chi connectivity index (χ0v) is 23.8. The van der Waals surface area contributed by atoms with Crippen molar-refractivity contribution in [3.8, 4) is 0 Å². The molecule has 4 aliphatic carbocycles. The normalized spacial score (nSPS) is 44.8. The molecule has 3 unspecified atom stereocenters. The molecule has 5 nitrogen and oxygen atoms in total. The molecule has 37 heavy (non-hydrogen) atoms. The van der Waals surface area contributed by atoms with E-state index < -0.39 is 0 Å². The highest BCUT2D eigenvalue weighted by molar-refractivity contribution is 5.66. The zero-order chi connectivity index (χ0) is 25.8. The van der Waals surface area contributed by atoms with Crippen LogP contribution >= 0.6 is 0 Å². The SMILES string of the molecule is C=CC[N+]1([C@H]2CC3C4CC[C@H]5CC=C(N6CCOCC6)C[C@]5(C)C4CC[C@]3(C)[C@H]2OC(C)=O)CCCC1. The number of quaternary nitrogens is 1. The molecule has 8 atom stereocenters. The number of esters is 1. The number of hydrogen-bond donors (Lipinski definition) is 0. The van der Waals surface area contributed by atoms with Crippen LogP contribution in [0.1, 0.15) is 78.6 Å². The van der Waals surface area contributed by atoms with Gasteiger partial charge in [0.25, 0.3) is 0 Å². The van der Waals surface area contributed by atoms with Crippen molar-refractivity contribution in [2.75, 3.05) is 45.9 Å². The fourth-order valence-electron chi connectivity index (χ4n) is 10.8. The van der Waals surface area contributed by atoms with Gasteiger partial charge in [0, 0.05) is 50.4 Å². The maximum Gasteiger partial charge on any atom is 0.303 e. The van der Waals surface area contributed by atoms with E-state index in [9.17, 15) is 4.79 Å². The molecule has 0 amide bonds. The monoisotopic (exact) mass is 511 g/mol. The molecule has 2 heterocycles. The first kappa shape index (κ1) is 25.9. The summed E-state index contributed by atoms with van der Waals surface area (Å²) >= 11 is 0. The molecule has 0 N–H and O–H groups in total. The standard InChI is InChI=1S/C32H51N2O3/c1-5-16-34(17-6-7-18-34)29-21-28-26-11-9-24-8-10-25(33-14-19-36-20-15-33)22-32(24,4)27(26)12-13-31(28,3)30(29)37-23(2)35/h5,10,24,26-30H,1,6-9,11-22H2,2-4H3/q+1/t24-,26?,27?,28?,29+,30+,31+,32+/m1/s1. The molecule has 6 aliphatic rings. The summed E-state index contributed by atoms with van der Waals surface area (Å²) in [6.45, 7) is 18.3. The van der Waals surface area contributed by atoms with Gasteiger partial charge in [0.2, 0.25) is 0 Å². The number of hydrogen-bond acceptors (Lipinski definition) is 4. The third-order valence-corrected chi connectivity index (χ3v) is 12.6. The van der Waals surface area contributed by atoms with Crippen LogP contribution < -0.4 is 0 Å². The van der Waals surface area contributed by atoms with Crippen molar-refractivity contribution >= 4 is 5.97 Å². The van der Waals surface area contributed by atoms with Crippen molar-refractivity contribution in [2.45, 2.75) is 90.7 Å². The Bertz CT molecular complexity index is 919. The fourth-order valence-corrected chi connectivity index (χ4v) is 10.8. The highest BCUT2D eigenvalue weighted by Crippen LogP contribution is 2.67. The molecule has 0 aromatic heterocycles. The Kier molecular flexibility index (Phi) is 6.79. The van der Waals surface area contributed by atoms with E-state index >= 15 is 0 Å². The average Bonchev–Trinajstić information content (AvgIpc) is 3.47. The molecule has 0 radical (unpaired) electrons. The zero-order valence-electron chi connectivity index (χ0n) is 23.8.